The number of halogens is 1. The highest BCUT2D eigenvalue weighted by Gasteiger charge is 2.24. The number of guanidine groups is 1. The van der Waals surface area contributed by atoms with Crippen LogP contribution in [0.2, 0.25) is 0 Å². The number of ether oxygens (including phenoxy) is 1. The lowest BCUT2D eigenvalue weighted by Crippen LogP contribution is -2.46. The van der Waals surface area contributed by atoms with Crippen LogP contribution in [0.5, 0.6) is 0 Å². The molecular formula is C18H30IN7OS. The smallest absolute Gasteiger partial charge is 0.191 e. The quantitative estimate of drug-likeness (QED) is 0.331. The third-order valence-electron chi connectivity index (χ3n) is 4.57. The van der Waals surface area contributed by atoms with E-state index < -0.39 is 0 Å². The van der Waals surface area contributed by atoms with Crippen molar-refractivity contribution < 1.29 is 4.74 Å². The molecule has 0 aromatic carbocycles. The van der Waals surface area contributed by atoms with Gasteiger partial charge in [0.1, 0.15) is 18.7 Å². The van der Waals surface area contributed by atoms with Crippen LogP contribution in [-0.2, 0) is 18.3 Å². The van der Waals surface area contributed by atoms with Gasteiger partial charge in [0, 0.05) is 43.0 Å². The first-order chi connectivity index (χ1) is 13.2. The summed E-state index contributed by atoms with van der Waals surface area (Å²) in [6, 6.07) is 4.75. The monoisotopic (exact) mass is 519 g/mol. The average Bonchev–Trinajstić information content (AvgIpc) is 3.29. The molecule has 2 N–H and O–H groups in total. The van der Waals surface area contributed by atoms with E-state index in [4.69, 9.17) is 4.74 Å². The number of aromatic nitrogens is 3. The van der Waals surface area contributed by atoms with Gasteiger partial charge in [-0.2, -0.15) is 5.10 Å². The normalized spacial score (nSPS) is 16.5. The van der Waals surface area contributed by atoms with Gasteiger partial charge in [0.05, 0.1) is 19.3 Å². The fourth-order valence-corrected chi connectivity index (χ4v) is 4.09. The van der Waals surface area contributed by atoms with Crippen molar-refractivity contribution in [2.75, 3.05) is 39.4 Å². The maximum atomic E-state index is 5.54. The molecule has 0 saturated carbocycles. The molecule has 0 radical (unpaired) electrons. The molecule has 0 amide bonds. The van der Waals surface area contributed by atoms with E-state index in [0.29, 0.717) is 12.6 Å². The number of rotatable bonds is 7. The molecule has 8 nitrogen and oxygen atoms in total. The first kappa shape index (κ1) is 23.0. The molecule has 1 fully saturated rings. The first-order valence-corrected chi connectivity index (χ1v) is 10.2. The molecule has 1 aliphatic heterocycles. The summed E-state index contributed by atoms with van der Waals surface area (Å²) in [5.74, 6) is 1.64. The van der Waals surface area contributed by atoms with Crippen molar-refractivity contribution in [3.05, 3.63) is 34.0 Å². The summed E-state index contributed by atoms with van der Waals surface area (Å²) in [5, 5.41) is 10.9. The zero-order chi connectivity index (χ0) is 19.1. The van der Waals surface area contributed by atoms with E-state index in [2.05, 4.69) is 56.6 Å². The van der Waals surface area contributed by atoms with Gasteiger partial charge in [-0.05, 0) is 26.0 Å². The lowest BCUT2D eigenvalue weighted by molar-refractivity contribution is 0.0177. The van der Waals surface area contributed by atoms with E-state index in [1.54, 1.807) is 11.0 Å². The largest absolute Gasteiger partial charge is 0.379 e. The summed E-state index contributed by atoms with van der Waals surface area (Å²) < 4.78 is 7.28. The van der Waals surface area contributed by atoms with E-state index in [0.717, 1.165) is 51.2 Å². The average molecular weight is 519 g/mol. The maximum Gasteiger partial charge on any atom is 0.191 e. The zero-order valence-electron chi connectivity index (χ0n) is 16.7. The van der Waals surface area contributed by atoms with Crippen LogP contribution in [0.4, 0.5) is 0 Å². The molecule has 28 heavy (non-hydrogen) atoms. The summed E-state index contributed by atoms with van der Waals surface area (Å²) in [6.07, 6.45) is 1.55. The highest BCUT2D eigenvalue weighted by Crippen LogP contribution is 2.27. The van der Waals surface area contributed by atoms with E-state index in [1.807, 2.05) is 18.4 Å². The van der Waals surface area contributed by atoms with Crippen molar-refractivity contribution >= 4 is 41.3 Å². The molecule has 1 saturated heterocycles. The number of nitrogens with one attached hydrogen (secondary N) is 2. The Morgan fingerprint density at radius 1 is 1.32 bits per heavy atom. The SMILES string of the molecule is CCNC(=NCc1ncnn1C)NCC(c1ccc(C)s1)N1CCOCC1.I. The second-order valence-corrected chi connectivity index (χ2v) is 7.81. The molecule has 1 aliphatic rings. The van der Waals surface area contributed by atoms with Crippen molar-refractivity contribution in [1.82, 2.24) is 30.3 Å². The summed E-state index contributed by atoms with van der Waals surface area (Å²) in [7, 11) is 1.88. The van der Waals surface area contributed by atoms with Gasteiger partial charge in [-0.1, -0.05) is 0 Å². The van der Waals surface area contributed by atoms with Gasteiger partial charge < -0.3 is 15.4 Å². The Kier molecular flexibility index (Phi) is 9.62. The van der Waals surface area contributed by atoms with E-state index in [1.165, 1.54) is 9.75 Å². The molecule has 0 aliphatic carbocycles. The predicted octanol–water partition coefficient (Wildman–Crippen LogP) is 1.93. The van der Waals surface area contributed by atoms with Crippen LogP contribution in [0.1, 0.15) is 28.5 Å². The molecule has 3 heterocycles. The fourth-order valence-electron chi connectivity index (χ4n) is 3.08. The van der Waals surface area contributed by atoms with Crippen LogP contribution in [0.25, 0.3) is 0 Å². The topological polar surface area (TPSA) is 79.6 Å². The summed E-state index contributed by atoms with van der Waals surface area (Å²) in [6.45, 7) is 9.82. The highest BCUT2D eigenvalue weighted by molar-refractivity contribution is 14.0. The standard InChI is InChI=1S/C18H29N7OS.HI/c1-4-19-18(21-12-17-22-13-23-24(17)3)20-11-15(16-6-5-14(2)27-16)25-7-9-26-10-8-25;/h5-6,13,15H,4,7-12H2,1-3H3,(H2,19,20,21);1H. The van der Waals surface area contributed by atoms with E-state index in [-0.39, 0.29) is 24.0 Å². The molecule has 156 valence electrons. The van der Waals surface area contributed by atoms with Gasteiger partial charge >= 0.3 is 0 Å². The number of aliphatic imine (C=N–C) groups is 1. The Bertz CT molecular complexity index is 742. The number of hydrogen-bond donors (Lipinski definition) is 2. The second kappa shape index (κ2) is 11.7. The van der Waals surface area contributed by atoms with Crippen molar-refractivity contribution in [2.24, 2.45) is 12.0 Å². The number of thiophene rings is 1. The molecule has 3 rings (SSSR count). The van der Waals surface area contributed by atoms with Gasteiger partial charge in [-0.3, -0.25) is 9.58 Å². The Labute approximate surface area is 187 Å². The second-order valence-electron chi connectivity index (χ2n) is 6.49. The number of aryl methyl sites for hydroxylation is 2. The Morgan fingerprint density at radius 3 is 2.71 bits per heavy atom. The van der Waals surface area contributed by atoms with E-state index >= 15 is 0 Å². The molecule has 1 atom stereocenters. The van der Waals surface area contributed by atoms with Gasteiger partial charge in [-0.25, -0.2) is 9.98 Å². The fraction of sp³-hybridized carbons (Fsp3) is 0.611. The maximum absolute atomic E-state index is 5.54. The minimum Gasteiger partial charge on any atom is -0.379 e. The van der Waals surface area contributed by atoms with Crippen LogP contribution in [0.15, 0.2) is 23.5 Å². The summed E-state index contributed by atoms with van der Waals surface area (Å²) in [4.78, 5) is 14.1. The van der Waals surface area contributed by atoms with Crippen LogP contribution >= 0.6 is 35.3 Å². The third kappa shape index (κ3) is 6.39. The zero-order valence-corrected chi connectivity index (χ0v) is 19.9. The van der Waals surface area contributed by atoms with Crippen LogP contribution < -0.4 is 10.6 Å². The summed E-state index contributed by atoms with van der Waals surface area (Å²) >= 11 is 1.86. The van der Waals surface area contributed by atoms with Gasteiger partial charge in [0.25, 0.3) is 0 Å². The molecule has 2 aromatic rings. The van der Waals surface area contributed by atoms with Crippen molar-refractivity contribution in [3.8, 4) is 0 Å². The van der Waals surface area contributed by atoms with E-state index in [9.17, 15) is 0 Å². The minimum absolute atomic E-state index is 0. The number of morpholine rings is 1. The molecule has 0 bridgehead atoms. The van der Waals surface area contributed by atoms with Crippen LogP contribution in [-0.4, -0.2) is 65.0 Å². The van der Waals surface area contributed by atoms with Crippen LogP contribution in [0.3, 0.4) is 0 Å². The molecule has 2 aromatic heterocycles. The Morgan fingerprint density at radius 2 is 2.11 bits per heavy atom. The lowest BCUT2D eigenvalue weighted by atomic mass is 10.2. The molecule has 0 spiro atoms. The molecule has 10 heteroatoms. The third-order valence-corrected chi connectivity index (χ3v) is 5.67. The van der Waals surface area contributed by atoms with Crippen molar-refractivity contribution in [3.63, 3.8) is 0 Å². The lowest BCUT2D eigenvalue weighted by Gasteiger charge is -2.34. The van der Waals surface area contributed by atoms with Gasteiger partial charge in [-0.15, -0.1) is 35.3 Å². The Hall–Kier alpha value is -1.24. The molecule has 1 unspecified atom stereocenters. The van der Waals surface area contributed by atoms with Crippen molar-refractivity contribution in [1.29, 1.82) is 0 Å². The highest BCUT2D eigenvalue weighted by atomic mass is 127. The first-order valence-electron chi connectivity index (χ1n) is 9.40. The predicted molar refractivity (Wildman–Crippen MR) is 123 cm³/mol. The molecular weight excluding hydrogens is 489 g/mol. The summed E-state index contributed by atoms with van der Waals surface area (Å²) in [5.41, 5.74) is 0. The number of hydrogen-bond acceptors (Lipinski definition) is 6. The van der Waals surface area contributed by atoms with Gasteiger partial charge in [0.15, 0.2) is 5.96 Å². The van der Waals surface area contributed by atoms with Crippen molar-refractivity contribution in [2.45, 2.75) is 26.4 Å². The van der Waals surface area contributed by atoms with Gasteiger partial charge in [0.2, 0.25) is 0 Å². The Balaban J connectivity index is 0.00000280. The number of nitrogens with zero attached hydrogens (tertiary/aromatic N) is 5. The van der Waals surface area contributed by atoms with Crippen LogP contribution in [0, 0.1) is 6.92 Å². The minimum atomic E-state index is 0.